The van der Waals surface area contributed by atoms with Crippen molar-refractivity contribution in [2.75, 3.05) is 13.7 Å². The van der Waals surface area contributed by atoms with Gasteiger partial charge in [0.1, 0.15) is 5.75 Å². The van der Waals surface area contributed by atoms with Crippen LogP contribution in [0.25, 0.3) is 0 Å². The van der Waals surface area contributed by atoms with Crippen molar-refractivity contribution < 1.29 is 19.4 Å². The maximum Gasteiger partial charge on any atom is 0.335 e. The van der Waals surface area contributed by atoms with Gasteiger partial charge in [-0.2, -0.15) is 0 Å². The minimum absolute atomic E-state index is 0.106. The Hall–Kier alpha value is -2.34. The molecule has 1 aromatic carbocycles. The molecule has 2 N–H and O–H groups in total. The quantitative estimate of drug-likeness (QED) is 0.858. The van der Waals surface area contributed by atoms with Gasteiger partial charge in [-0.3, -0.25) is 4.79 Å². The zero-order valence-corrected chi connectivity index (χ0v) is 13.2. The number of aromatic carboxylic acids is 1. The van der Waals surface area contributed by atoms with Crippen molar-refractivity contribution in [1.29, 1.82) is 0 Å². The third kappa shape index (κ3) is 3.85. The van der Waals surface area contributed by atoms with Gasteiger partial charge in [0.25, 0.3) is 5.91 Å². The maximum atomic E-state index is 11.9. The molecule has 0 bridgehead atoms. The van der Waals surface area contributed by atoms with Crippen LogP contribution in [-0.2, 0) is 6.42 Å². The fourth-order valence-electron chi connectivity index (χ4n) is 2.06. The van der Waals surface area contributed by atoms with Crippen molar-refractivity contribution >= 4 is 23.2 Å². The van der Waals surface area contributed by atoms with E-state index in [0.717, 1.165) is 10.4 Å². The second kappa shape index (κ2) is 7.09. The third-order valence-electron chi connectivity index (χ3n) is 3.21. The number of carbonyl (C=O) groups excluding carboxylic acids is 1. The van der Waals surface area contributed by atoms with Crippen LogP contribution in [0.1, 0.15) is 31.2 Å². The summed E-state index contributed by atoms with van der Waals surface area (Å²) in [5, 5.41) is 13.6. The van der Waals surface area contributed by atoms with E-state index in [1.807, 2.05) is 18.4 Å². The van der Waals surface area contributed by atoms with E-state index >= 15 is 0 Å². The molecule has 0 atom stereocenters. The van der Waals surface area contributed by atoms with E-state index in [9.17, 15) is 9.59 Å². The number of rotatable bonds is 6. The molecule has 0 saturated heterocycles. The molecular formula is C16H17NO4S. The van der Waals surface area contributed by atoms with Gasteiger partial charge < -0.3 is 15.2 Å². The number of methoxy groups -OCH3 is 1. The average Bonchev–Trinajstić information content (AvgIpc) is 2.93. The van der Waals surface area contributed by atoms with Gasteiger partial charge in [0, 0.05) is 16.8 Å². The Morgan fingerprint density at radius 3 is 2.64 bits per heavy atom. The predicted octanol–water partition coefficient (Wildman–Crippen LogP) is 2.74. The number of nitrogens with one attached hydrogen (secondary N) is 1. The van der Waals surface area contributed by atoms with Crippen molar-refractivity contribution in [1.82, 2.24) is 5.32 Å². The van der Waals surface area contributed by atoms with Gasteiger partial charge in [-0.25, -0.2) is 4.79 Å². The highest BCUT2D eigenvalue weighted by atomic mass is 32.1. The highest BCUT2D eigenvalue weighted by Crippen LogP contribution is 2.20. The molecule has 2 rings (SSSR count). The fraction of sp³-hybridized carbons (Fsp3) is 0.250. The molecule has 1 heterocycles. The van der Waals surface area contributed by atoms with E-state index in [1.165, 1.54) is 30.6 Å². The summed E-state index contributed by atoms with van der Waals surface area (Å²) in [4.78, 5) is 24.0. The zero-order valence-electron chi connectivity index (χ0n) is 12.4. The summed E-state index contributed by atoms with van der Waals surface area (Å²) in [6, 6.07) is 6.58. The van der Waals surface area contributed by atoms with E-state index in [1.54, 1.807) is 6.07 Å². The topological polar surface area (TPSA) is 75.6 Å². The smallest absolute Gasteiger partial charge is 0.335 e. The highest BCUT2D eigenvalue weighted by Gasteiger charge is 2.10. The standard InChI is InChI=1S/C16H17NO4S/c1-10-7-13(9-22-10)15(18)17-6-5-11-3-4-12(16(19)20)8-14(11)21-2/h3-4,7-9H,5-6H2,1-2H3,(H,17,18)(H,19,20). The number of hydrogen-bond acceptors (Lipinski definition) is 4. The lowest BCUT2D eigenvalue weighted by Crippen LogP contribution is -2.25. The van der Waals surface area contributed by atoms with Gasteiger partial charge in [0.2, 0.25) is 0 Å². The number of thiophene rings is 1. The van der Waals surface area contributed by atoms with Crippen LogP contribution in [0.3, 0.4) is 0 Å². The van der Waals surface area contributed by atoms with Gasteiger partial charge in [-0.15, -0.1) is 11.3 Å². The number of ether oxygens (including phenoxy) is 1. The number of amides is 1. The molecule has 0 aliphatic rings. The summed E-state index contributed by atoms with van der Waals surface area (Å²) >= 11 is 1.54. The van der Waals surface area contributed by atoms with Crippen LogP contribution >= 0.6 is 11.3 Å². The van der Waals surface area contributed by atoms with E-state index in [-0.39, 0.29) is 11.5 Å². The fourth-order valence-corrected chi connectivity index (χ4v) is 2.74. The van der Waals surface area contributed by atoms with Gasteiger partial charge in [-0.1, -0.05) is 6.07 Å². The molecule has 1 amide bonds. The maximum absolute atomic E-state index is 11.9. The molecule has 2 aromatic rings. The van der Waals surface area contributed by atoms with Crippen molar-refractivity contribution in [3.8, 4) is 5.75 Å². The van der Waals surface area contributed by atoms with Crippen LogP contribution < -0.4 is 10.1 Å². The molecule has 0 saturated carbocycles. The monoisotopic (exact) mass is 319 g/mol. The molecule has 0 aliphatic carbocycles. The van der Waals surface area contributed by atoms with Crippen LogP contribution in [0.2, 0.25) is 0 Å². The molecule has 0 fully saturated rings. The van der Waals surface area contributed by atoms with Crippen LogP contribution in [0.4, 0.5) is 0 Å². The van der Waals surface area contributed by atoms with Crippen LogP contribution in [-0.4, -0.2) is 30.6 Å². The second-order valence-corrected chi connectivity index (χ2v) is 5.90. The van der Waals surface area contributed by atoms with E-state index in [4.69, 9.17) is 9.84 Å². The predicted molar refractivity (Wildman–Crippen MR) is 85.0 cm³/mol. The summed E-state index contributed by atoms with van der Waals surface area (Å²) in [5.41, 5.74) is 1.70. The van der Waals surface area contributed by atoms with Gasteiger partial charge in [-0.05, 0) is 37.1 Å². The first-order chi connectivity index (χ1) is 10.5. The minimum atomic E-state index is -0.994. The lowest BCUT2D eigenvalue weighted by molar-refractivity contribution is 0.0696. The number of carbonyl (C=O) groups is 2. The van der Waals surface area contributed by atoms with Gasteiger partial charge in [0.05, 0.1) is 18.2 Å². The molecule has 0 unspecified atom stereocenters. The summed E-state index contributed by atoms with van der Waals surface area (Å²) < 4.78 is 5.21. The molecule has 0 radical (unpaired) electrons. The van der Waals surface area contributed by atoms with Crippen LogP contribution in [0.15, 0.2) is 29.6 Å². The SMILES string of the molecule is COc1cc(C(=O)O)ccc1CCNC(=O)c1csc(C)c1. The summed E-state index contributed by atoms with van der Waals surface area (Å²) in [5.74, 6) is -0.586. The van der Waals surface area contributed by atoms with Crippen molar-refractivity contribution in [2.24, 2.45) is 0 Å². The Bertz CT molecular complexity index is 693. The molecule has 0 spiro atoms. The van der Waals surface area contributed by atoms with Gasteiger partial charge in [0.15, 0.2) is 0 Å². The molecule has 22 heavy (non-hydrogen) atoms. The summed E-state index contributed by atoms with van der Waals surface area (Å²) in [6.45, 7) is 2.41. The zero-order chi connectivity index (χ0) is 16.1. The first-order valence-corrected chi connectivity index (χ1v) is 7.62. The molecule has 5 nitrogen and oxygen atoms in total. The number of hydrogen-bond donors (Lipinski definition) is 2. The number of benzene rings is 1. The summed E-state index contributed by atoms with van der Waals surface area (Å²) in [6.07, 6.45) is 0.567. The Morgan fingerprint density at radius 1 is 1.27 bits per heavy atom. The van der Waals surface area contributed by atoms with Crippen molar-refractivity contribution in [2.45, 2.75) is 13.3 Å². The van der Waals surface area contributed by atoms with E-state index in [2.05, 4.69) is 5.32 Å². The third-order valence-corrected chi connectivity index (χ3v) is 4.07. The number of carboxylic acid groups (broad SMARTS) is 1. The van der Waals surface area contributed by atoms with Crippen LogP contribution in [0, 0.1) is 6.92 Å². The number of aryl methyl sites for hydroxylation is 1. The molecule has 0 aliphatic heterocycles. The lowest BCUT2D eigenvalue weighted by atomic mass is 10.1. The normalized spacial score (nSPS) is 10.3. The molecular weight excluding hydrogens is 302 g/mol. The Labute approximate surface area is 132 Å². The van der Waals surface area contributed by atoms with Crippen molar-refractivity contribution in [3.63, 3.8) is 0 Å². The first kappa shape index (κ1) is 16.0. The Kier molecular flexibility index (Phi) is 5.16. The Balaban J connectivity index is 1.96. The van der Waals surface area contributed by atoms with Crippen LogP contribution in [0.5, 0.6) is 5.75 Å². The van der Waals surface area contributed by atoms with E-state index in [0.29, 0.717) is 24.3 Å². The summed E-state index contributed by atoms with van der Waals surface area (Å²) in [7, 11) is 1.50. The highest BCUT2D eigenvalue weighted by molar-refractivity contribution is 7.10. The Morgan fingerprint density at radius 2 is 2.05 bits per heavy atom. The lowest BCUT2D eigenvalue weighted by Gasteiger charge is -2.10. The average molecular weight is 319 g/mol. The van der Waals surface area contributed by atoms with Crippen molar-refractivity contribution in [3.05, 3.63) is 51.2 Å². The van der Waals surface area contributed by atoms with Gasteiger partial charge >= 0.3 is 5.97 Å². The largest absolute Gasteiger partial charge is 0.496 e. The molecule has 116 valence electrons. The molecule has 1 aromatic heterocycles. The first-order valence-electron chi connectivity index (χ1n) is 6.75. The minimum Gasteiger partial charge on any atom is -0.496 e. The van der Waals surface area contributed by atoms with E-state index < -0.39 is 5.97 Å². The second-order valence-electron chi connectivity index (χ2n) is 4.78. The molecule has 6 heteroatoms. The number of carboxylic acids is 1.